The van der Waals surface area contributed by atoms with Crippen LogP contribution in [-0.4, -0.2) is 11.4 Å². The van der Waals surface area contributed by atoms with Crippen molar-refractivity contribution in [3.8, 4) is 0 Å². The minimum absolute atomic E-state index is 0.250. The Hall–Kier alpha value is -1.05. The summed E-state index contributed by atoms with van der Waals surface area (Å²) in [4.78, 5) is 9.75. The average Bonchev–Trinajstić information content (AvgIpc) is 2.05. The van der Waals surface area contributed by atoms with Crippen molar-refractivity contribution in [1.82, 2.24) is 0 Å². The molecule has 0 spiro atoms. The Labute approximate surface area is 61.9 Å². The van der Waals surface area contributed by atoms with Crippen LogP contribution < -0.4 is 0 Å². The summed E-state index contributed by atoms with van der Waals surface area (Å²) >= 11 is 0. The maximum absolute atomic E-state index is 9.75. The van der Waals surface area contributed by atoms with E-state index in [0.717, 1.165) is 0 Å². The number of aliphatic hydroxyl groups is 1. The molecule has 10 heavy (non-hydrogen) atoms. The van der Waals surface area contributed by atoms with Gasteiger partial charge in [-0.2, -0.15) is 0 Å². The topological polar surface area (TPSA) is 37.3 Å². The van der Waals surface area contributed by atoms with Gasteiger partial charge in [-0.15, -0.1) is 0 Å². The molecule has 0 bridgehead atoms. The third-order valence-electron chi connectivity index (χ3n) is 0.822. The van der Waals surface area contributed by atoms with E-state index < -0.39 is 0 Å². The molecule has 0 heterocycles. The van der Waals surface area contributed by atoms with Crippen LogP contribution in [0.4, 0.5) is 0 Å². The number of allylic oxidation sites excluding steroid dienone is 3. The van der Waals surface area contributed by atoms with Gasteiger partial charge in [-0.25, -0.2) is 0 Å². The standard InChI is InChI=1S/C6H8O2.C2H6/c1-3-5(2)6(8)4-7;1-2/h3-4,8H,1H2,2H3;1-2H3/b6-5-;. The van der Waals surface area contributed by atoms with E-state index in [-0.39, 0.29) is 5.76 Å². The molecule has 2 heteroatoms. The van der Waals surface area contributed by atoms with E-state index in [1.54, 1.807) is 6.92 Å². The summed E-state index contributed by atoms with van der Waals surface area (Å²) in [5.74, 6) is -0.250. The molecule has 0 aliphatic heterocycles. The first-order valence-electron chi connectivity index (χ1n) is 3.19. The van der Waals surface area contributed by atoms with Crippen LogP contribution in [0.25, 0.3) is 0 Å². The zero-order valence-electron chi connectivity index (χ0n) is 6.72. The second kappa shape index (κ2) is 7.95. The Balaban J connectivity index is 0. The molecule has 0 aliphatic rings. The van der Waals surface area contributed by atoms with Gasteiger partial charge in [0.15, 0.2) is 12.0 Å². The maximum atomic E-state index is 9.75. The van der Waals surface area contributed by atoms with Crippen molar-refractivity contribution >= 4 is 6.29 Å². The molecular weight excluding hydrogens is 128 g/mol. The predicted octanol–water partition coefficient (Wildman–Crippen LogP) is 2.23. The van der Waals surface area contributed by atoms with E-state index in [0.29, 0.717) is 11.9 Å². The van der Waals surface area contributed by atoms with Crippen molar-refractivity contribution in [1.29, 1.82) is 0 Å². The lowest BCUT2D eigenvalue weighted by atomic mass is 10.3. The van der Waals surface area contributed by atoms with Crippen LogP contribution in [0.2, 0.25) is 0 Å². The van der Waals surface area contributed by atoms with E-state index in [9.17, 15) is 4.79 Å². The zero-order chi connectivity index (χ0) is 8.57. The molecule has 0 amide bonds. The van der Waals surface area contributed by atoms with Crippen LogP contribution in [0.15, 0.2) is 24.0 Å². The number of carbonyl (C=O) groups excluding carboxylic acids is 1. The van der Waals surface area contributed by atoms with Crippen molar-refractivity contribution in [3.05, 3.63) is 24.0 Å². The van der Waals surface area contributed by atoms with Gasteiger partial charge in [0.05, 0.1) is 0 Å². The summed E-state index contributed by atoms with van der Waals surface area (Å²) in [5, 5.41) is 8.57. The molecule has 0 aliphatic carbocycles. The Morgan fingerprint density at radius 1 is 1.50 bits per heavy atom. The Bertz CT molecular complexity index is 118. The minimum Gasteiger partial charge on any atom is -0.504 e. The lowest BCUT2D eigenvalue weighted by Gasteiger charge is -1.88. The molecular formula is C8H14O2. The van der Waals surface area contributed by atoms with Crippen molar-refractivity contribution in [3.63, 3.8) is 0 Å². The second-order valence-corrected chi connectivity index (χ2v) is 1.39. The number of hydrogen-bond acceptors (Lipinski definition) is 2. The van der Waals surface area contributed by atoms with Gasteiger partial charge in [0, 0.05) is 0 Å². The Morgan fingerprint density at radius 3 is 2.00 bits per heavy atom. The van der Waals surface area contributed by atoms with Gasteiger partial charge in [0.2, 0.25) is 0 Å². The third kappa shape index (κ3) is 5.09. The molecule has 2 nitrogen and oxygen atoms in total. The van der Waals surface area contributed by atoms with Crippen molar-refractivity contribution in [2.75, 3.05) is 0 Å². The normalized spacial score (nSPS) is 10.3. The summed E-state index contributed by atoms with van der Waals surface area (Å²) in [6.07, 6.45) is 1.81. The van der Waals surface area contributed by atoms with E-state index in [1.165, 1.54) is 6.08 Å². The molecule has 1 N–H and O–H groups in total. The minimum atomic E-state index is -0.250. The summed E-state index contributed by atoms with van der Waals surface area (Å²) in [6, 6.07) is 0. The Kier molecular flexibility index (Phi) is 9.31. The SMILES string of the molecule is C=C/C(C)=C(\O)C=O.CC. The molecule has 0 unspecified atom stereocenters. The molecule has 0 rings (SSSR count). The fraction of sp³-hybridized carbons (Fsp3) is 0.375. The van der Waals surface area contributed by atoms with E-state index in [2.05, 4.69) is 6.58 Å². The third-order valence-corrected chi connectivity index (χ3v) is 0.822. The largest absolute Gasteiger partial charge is 0.504 e. The molecule has 0 aromatic carbocycles. The van der Waals surface area contributed by atoms with Gasteiger partial charge < -0.3 is 5.11 Å². The molecule has 0 saturated carbocycles. The highest BCUT2D eigenvalue weighted by Crippen LogP contribution is 1.96. The quantitative estimate of drug-likeness (QED) is 0.278. The molecule has 0 aromatic rings. The van der Waals surface area contributed by atoms with Crippen LogP contribution in [0, 0.1) is 0 Å². The molecule has 0 fully saturated rings. The first kappa shape index (κ1) is 11.7. The molecule has 0 radical (unpaired) electrons. The molecule has 0 atom stereocenters. The van der Waals surface area contributed by atoms with Gasteiger partial charge in [-0.1, -0.05) is 26.5 Å². The predicted molar refractivity (Wildman–Crippen MR) is 42.9 cm³/mol. The summed E-state index contributed by atoms with van der Waals surface area (Å²) in [5.41, 5.74) is 0.500. The number of hydrogen-bond donors (Lipinski definition) is 1. The Morgan fingerprint density at radius 2 is 1.90 bits per heavy atom. The fourth-order valence-electron chi connectivity index (χ4n) is 0.198. The van der Waals surface area contributed by atoms with Crippen LogP contribution in [0.3, 0.4) is 0 Å². The van der Waals surface area contributed by atoms with Gasteiger partial charge in [-0.3, -0.25) is 4.79 Å². The van der Waals surface area contributed by atoms with Crippen molar-refractivity contribution in [2.45, 2.75) is 20.8 Å². The first-order chi connectivity index (χ1) is 4.72. The maximum Gasteiger partial charge on any atom is 0.184 e. The van der Waals surface area contributed by atoms with Crippen molar-refractivity contribution in [2.24, 2.45) is 0 Å². The number of aldehydes is 1. The van der Waals surface area contributed by atoms with E-state index in [1.807, 2.05) is 13.8 Å². The lowest BCUT2D eigenvalue weighted by molar-refractivity contribution is -0.107. The van der Waals surface area contributed by atoms with Crippen molar-refractivity contribution < 1.29 is 9.90 Å². The molecule has 58 valence electrons. The second-order valence-electron chi connectivity index (χ2n) is 1.39. The molecule has 0 saturated heterocycles. The van der Waals surface area contributed by atoms with E-state index >= 15 is 0 Å². The van der Waals surface area contributed by atoms with Gasteiger partial charge >= 0.3 is 0 Å². The van der Waals surface area contributed by atoms with Gasteiger partial charge in [-0.05, 0) is 12.5 Å². The number of carbonyl (C=O) groups is 1. The highest BCUT2D eigenvalue weighted by atomic mass is 16.3. The lowest BCUT2D eigenvalue weighted by Crippen LogP contribution is -1.83. The highest BCUT2D eigenvalue weighted by molar-refractivity contribution is 5.71. The van der Waals surface area contributed by atoms with E-state index in [4.69, 9.17) is 5.11 Å². The smallest absolute Gasteiger partial charge is 0.184 e. The van der Waals surface area contributed by atoms with Crippen LogP contribution in [-0.2, 0) is 4.79 Å². The monoisotopic (exact) mass is 142 g/mol. The zero-order valence-corrected chi connectivity index (χ0v) is 6.72. The summed E-state index contributed by atoms with van der Waals surface area (Å²) in [7, 11) is 0. The van der Waals surface area contributed by atoms with Crippen LogP contribution in [0.5, 0.6) is 0 Å². The van der Waals surface area contributed by atoms with Gasteiger partial charge in [0.1, 0.15) is 0 Å². The number of rotatable bonds is 2. The van der Waals surface area contributed by atoms with Crippen LogP contribution >= 0.6 is 0 Å². The summed E-state index contributed by atoms with van der Waals surface area (Å²) < 4.78 is 0. The molecule has 0 aromatic heterocycles. The van der Waals surface area contributed by atoms with Gasteiger partial charge in [0.25, 0.3) is 0 Å². The highest BCUT2D eigenvalue weighted by Gasteiger charge is 1.89. The van der Waals surface area contributed by atoms with Crippen LogP contribution in [0.1, 0.15) is 20.8 Å². The summed E-state index contributed by atoms with van der Waals surface area (Å²) in [6.45, 7) is 8.96. The fourth-order valence-corrected chi connectivity index (χ4v) is 0.198. The first-order valence-corrected chi connectivity index (χ1v) is 3.19. The number of aliphatic hydroxyl groups excluding tert-OH is 1. The average molecular weight is 142 g/mol.